The van der Waals surface area contributed by atoms with E-state index in [2.05, 4.69) is 0 Å². The number of carbonyl (C=O) groups excluding carboxylic acids is 3. The molecule has 2 aliphatic carbocycles. The van der Waals surface area contributed by atoms with Crippen LogP contribution >= 0.6 is 0 Å². The summed E-state index contributed by atoms with van der Waals surface area (Å²) in [5.41, 5.74) is -1.28. The van der Waals surface area contributed by atoms with Crippen LogP contribution in [0.2, 0.25) is 0 Å². The van der Waals surface area contributed by atoms with Crippen molar-refractivity contribution in [2.24, 2.45) is 0 Å². The molecule has 0 unspecified atom stereocenters. The Morgan fingerprint density at radius 1 is 1.28 bits per heavy atom. The van der Waals surface area contributed by atoms with E-state index in [1.807, 2.05) is 11.9 Å². The summed E-state index contributed by atoms with van der Waals surface area (Å²) in [6.45, 7) is 3.14. The number of aliphatic hydroxyl groups is 1. The molecule has 0 amide bonds. The highest BCUT2D eigenvalue weighted by Crippen LogP contribution is 2.65. The van der Waals surface area contributed by atoms with Gasteiger partial charge < -0.3 is 19.3 Å². The van der Waals surface area contributed by atoms with Crippen LogP contribution in [0.5, 0.6) is 11.5 Å². The Labute approximate surface area is 167 Å². The molecule has 1 N–H and O–H groups in total. The van der Waals surface area contributed by atoms with Crippen molar-refractivity contribution >= 4 is 17.7 Å². The number of likely N-dealkylation sites (N-methyl/N-ethyl adjacent to an activating group) is 1. The highest BCUT2D eigenvalue weighted by molar-refractivity contribution is 6.07. The second-order valence-electron chi connectivity index (χ2n) is 8.15. The number of esters is 2. The van der Waals surface area contributed by atoms with Crippen molar-refractivity contribution in [3.63, 3.8) is 0 Å². The first-order valence-electron chi connectivity index (χ1n) is 9.57. The van der Waals surface area contributed by atoms with Crippen molar-refractivity contribution in [3.8, 4) is 11.5 Å². The predicted octanol–water partition coefficient (Wildman–Crippen LogP) is 0.744. The number of hydrogen-bond donors (Lipinski definition) is 1. The molecule has 0 radical (unpaired) electrons. The van der Waals surface area contributed by atoms with Crippen LogP contribution in [-0.4, -0.2) is 65.2 Å². The summed E-state index contributed by atoms with van der Waals surface area (Å²) in [6, 6.07) is 2.42. The van der Waals surface area contributed by atoms with Crippen LogP contribution in [0.15, 0.2) is 24.3 Å². The number of hydrogen-bond acceptors (Lipinski definition) is 8. The number of nitrogens with zero attached hydrogens (tertiary/aromatic N) is 1. The quantitative estimate of drug-likeness (QED) is 0.441. The van der Waals surface area contributed by atoms with Gasteiger partial charge in [0.1, 0.15) is 18.2 Å². The predicted molar refractivity (Wildman–Crippen MR) is 98.9 cm³/mol. The van der Waals surface area contributed by atoms with Crippen molar-refractivity contribution in [1.82, 2.24) is 4.90 Å². The standard InChI is InChI=1S/C21H21NO7/c1-10(23)27-14-5-4-12-15-17(14)28-19-13(25)6-7-21(29-11(2)24)18(16(12)26)22(3)9-8-20(15,19)21/h4-7,13,18-19,25H,8-9H2,1-3H3/t13-,18+,19-,20-,21+/m0/s1. The second kappa shape index (κ2) is 5.67. The summed E-state index contributed by atoms with van der Waals surface area (Å²) < 4.78 is 17.4. The van der Waals surface area contributed by atoms with Crippen molar-refractivity contribution < 1.29 is 33.7 Å². The van der Waals surface area contributed by atoms with Gasteiger partial charge in [0.05, 0.1) is 5.41 Å². The van der Waals surface area contributed by atoms with Crippen LogP contribution in [0, 0.1) is 0 Å². The average Bonchev–Trinajstić information content (AvgIpc) is 2.99. The Balaban J connectivity index is 1.87. The first kappa shape index (κ1) is 18.3. The zero-order chi connectivity index (χ0) is 20.7. The zero-order valence-corrected chi connectivity index (χ0v) is 16.3. The lowest BCUT2D eigenvalue weighted by Gasteiger charge is -2.61. The molecule has 1 saturated heterocycles. The van der Waals surface area contributed by atoms with Gasteiger partial charge in [-0.2, -0.15) is 0 Å². The molecule has 1 aromatic rings. The van der Waals surface area contributed by atoms with E-state index in [0.29, 0.717) is 24.1 Å². The van der Waals surface area contributed by atoms with E-state index in [0.717, 1.165) is 0 Å². The molecule has 1 aromatic carbocycles. The van der Waals surface area contributed by atoms with Gasteiger partial charge in [0, 0.05) is 25.0 Å². The fourth-order valence-corrected chi connectivity index (χ4v) is 5.77. The van der Waals surface area contributed by atoms with E-state index in [1.54, 1.807) is 12.1 Å². The molecule has 5 atom stereocenters. The van der Waals surface area contributed by atoms with Crippen molar-refractivity contribution in [3.05, 3.63) is 35.4 Å². The molecule has 152 valence electrons. The summed E-state index contributed by atoms with van der Waals surface area (Å²) in [5, 5.41) is 10.8. The molecule has 5 rings (SSSR count). The number of ketones is 1. The van der Waals surface area contributed by atoms with Gasteiger partial charge in [-0.15, -0.1) is 0 Å². The Morgan fingerprint density at radius 3 is 2.72 bits per heavy atom. The zero-order valence-electron chi connectivity index (χ0n) is 16.3. The third kappa shape index (κ3) is 2.03. The fraction of sp³-hybridized carbons (Fsp3) is 0.476. The smallest absolute Gasteiger partial charge is 0.308 e. The van der Waals surface area contributed by atoms with Crippen LogP contribution in [0.3, 0.4) is 0 Å². The Morgan fingerprint density at radius 2 is 2.03 bits per heavy atom. The van der Waals surface area contributed by atoms with Crippen LogP contribution in [-0.2, 0) is 19.7 Å². The molecule has 1 fully saturated rings. The van der Waals surface area contributed by atoms with Crippen molar-refractivity contribution in [1.29, 1.82) is 0 Å². The topological polar surface area (TPSA) is 102 Å². The van der Waals surface area contributed by atoms with Crippen molar-refractivity contribution in [2.75, 3.05) is 13.6 Å². The molecule has 0 aromatic heterocycles. The molecule has 0 saturated carbocycles. The first-order valence-corrected chi connectivity index (χ1v) is 9.57. The minimum atomic E-state index is -1.32. The minimum Gasteiger partial charge on any atom is -0.482 e. The first-order chi connectivity index (χ1) is 13.7. The van der Waals surface area contributed by atoms with Gasteiger partial charge in [-0.25, -0.2) is 0 Å². The molecule has 4 aliphatic rings. The highest BCUT2D eigenvalue weighted by Gasteiger charge is 2.75. The van der Waals surface area contributed by atoms with Gasteiger partial charge in [0.2, 0.25) is 0 Å². The summed E-state index contributed by atoms with van der Waals surface area (Å²) in [7, 11) is 1.82. The Hall–Kier alpha value is -2.71. The monoisotopic (exact) mass is 399 g/mol. The molecule has 2 aliphatic heterocycles. The number of piperidine rings is 1. The van der Waals surface area contributed by atoms with Gasteiger partial charge in [-0.3, -0.25) is 19.3 Å². The fourth-order valence-electron chi connectivity index (χ4n) is 5.77. The number of aliphatic hydroxyl groups excluding tert-OH is 1. The number of rotatable bonds is 2. The lowest BCUT2D eigenvalue weighted by Crippen LogP contribution is -2.77. The summed E-state index contributed by atoms with van der Waals surface area (Å²) in [5.74, 6) is -0.789. The Kier molecular flexibility index (Phi) is 3.58. The number of carbonyl (C=O) groups is 3. The van der Waals surface area contributed by atoms with E-state index < -0.39 is 41.2 Å². The maximum absolute atomic E-state index is 13.6. The molecule has 2 heterocycles. The summed E-state index contributed by atoms with van der Waals surface area (Å²) >= 11 is 0. The van der Waals surface area contributed by atoms with Crippen LogP contribution in [0.4, 0.5) is 0 Å². The minimum absolute atomic E-state index is 0.189. The summed E-state index contributed by atoms with van der Waals surface area (Å²) in [6.07, 6.45) is 1.92. The number of ether oxygens (including phenoxy) is 3. The van der Waals surface area contributed by atoms with E-state index in [4.69, 9.17) is 14.2 Å². The maximum Gasteiger partial charge on any atom is 0.308 e. The molecule has 1 spiro atoms. The van der Waals surface area contributed by atoms with Gasteiger partial charge in [-0.1, -0.05) is 6.08 Å². The van der Waals surface area contributed by atoms with E-state index in [9.17, 15) is 19.5 Å². The van der Waals surface area contributed by atoms with E-state index >= 15 is 0 Å². The third-order valence-electron chi connectivity index (χ3n) is 6.63. The number of likely N-dealkylation sites (tertiary alicyclic amines) is 1. The van der Waals surface area contributed by atoms with Crippen molar-refractivity contribution in [2.45, 2.75) is 49.5 Å². The molecular weight excluding hydrogens is 378 g/mol. The van der Waals surface area contributed by atoms with Gasteiger partial charge >= 0.3 is 11.9 Å². The normalized spacial score (nSPS) is 36.3. The van der Waals surface area contributed by atoms with Gasteiger partial charge in [-0.05, 0) is 38.2 Å². The van der Waals surface area contributed by atoms with Crippen LogP contribution < -0.4 is 9.47 Å². The van der Waals surface area contributed by atoms with E-state index in [-0.39, 0.29) is 17.3 Å². The molecule has 2 bridgehead atoms. The average molecular weight is 399 g/mol. The highest BCUT2D eigenvalue weighted by atomic mass is 16.6. The van der Waals surface area contributed by atoms with Crippen LogP contribution in [0.1, 0.15) is 36.2 Å². The lowest BCUT2D eigenvalue weighted by atomic mass is 9.50. The number of benzene rings is 1. The Bertz CT molecular complexity index is 1000. The van der Waals surface area contributed by atoms with Gasteiger partial charge in [0.25, 0.3) is 0 Å². The summed E-state index contributed by atoms with van der Waals surface area (Å²) in [4.78, 5) is 39.2. The third-order valence-corrected chi connectivity index (χ3v) is 6.63. The molecular formula is C21H21NO7. The van der Waals surface area contributed by atoms with Gasteiger partial charge in [0.15, 0.2) is 22.9 Å². The van der Waals surface area contributed by atoms with E-state index in [1.165, 1.54) is 26.0 Å². The van der Waals surface area contributed by atoms with Crippen LogP contribution in [0.25, 0.3) is 0 Å². The molecule has 8 nitrogen and oxygen atoms in total. The SMILES string of the molecule is CC(=O)Oc1ccc2c3c1O[C@H]1[C@@H](O)C=C[C@@]4(OC(C)=O)[C@@H](C2=O)N(C)CC[C@]314. The number of Topliss-reactive ketones (excluding diaryl/α,β-unsaturated/α-hetero) is 1. The second-order valence-corrected chi connectivity index (χ2v) is 8.15. The largest absolute Gasteiger partial charge is 0.482 e. The molecule has 8 heteroatoms. The maximum atomic E-state index is 13.6. The molecule has 29 heavy (non-hydrogen) atoms. The lowest BCUT2D eigenvalue weighted by molar-refractivity contribution is -0.186.